The number of aromatic nitrogens is 4. The van der Waals surface area contributed by atoms with Crippen molar-refractivity contribution in [2.45, 2.75) is 59.8 Å². The molecule has 0 radical (unpaired) electrons. The zero-order valence-electron chi connectivity index (χ0n) is 13.3. The van der Waals surface area contributed by atoms with Gasteiger partial charge in [-0.3, -0.25) is 9.36 Å². The average Bonchev–Trinajstić information content (AvgIpc) is 3.05. The van der Waals surface area contributed by atoms with Gasteiger partial charge in [0.1, 0.15) is 0 Å². The van der Waals surface area contributed by atoms with Gasteiger partial charge in [-0.1, -0.05) is 6.92 Å². The van der Waals surface area contributed by atoms with Gasteiger partial charge in [0.05, 0.1) is 11.4 Å². The number of aryl methyl sites for hydroxylation is 2. The van der Waals surface area contributed by atoms with Crippen molar-refractivity contribution in [3.63, 3.8) is 0 Å². The van der Waals surface area contributed by atoms with Crippen LogP contribution in [0.4, 0.5) is 0 Å². The first-order valence-corrected chi connectivity index (χ1v) is 7.41. The third kappa shape index (κ3) is 4.32. The number of hydrogen-bond donors (Lipinski definition) is 1. The second-order valence-electron chi connectivity index (χ2n) is 5.22. The molecule has 1 N–H and O–H groups in total. The molecule has 1 unspecified atom stereocenters. The summed E-state index contributed by atoms with van der Waals surface area (Å²) in [5.41, 5.74) is 3.61. The Labute approximate surface area is 133 Å². The summed E-state index contributed by atoms with van der Waals surface area (Å²) < 4.78 is 4.09. The lowest BCUT2D eigenvalue weighted by atomic mass is 10.2. The molecule has 6 heteroatoms. The Balaban J connectivity index is 0.00000220. The second kappa shape index (κ2) is 8.20. The molecule has 0 aliphatic rings. The summed E-state index contributed by atoms with van der Waals surface area (Å²) in [6.45, 7) is 11.2. The van der Waals surface area contributed by atoms with Crippen molar-refractivity contribution in [2.24, 2.45) is 0 Å². The molecule has 118 valence electrons. The van der Waals surface area contributed by atoms with Crippen molar-refractivity contribution >= 4 is 12.4 Å². The number of halogens is 1. The van der Waals surface area contributed by atoms with Gasteiger partial charge in [-0.25, -0.2) is 0 Å². The Hall–Kier alpha value is -1.33. The van der Waals surface area contributed by atoms with E-state index in [1.807, 2.05) is 10.9 Å². The van der Waals surface area contributed by atoms with Crippen molar-refractivity contribution in [3.05, 3.63) is 35.4 Å². The molecule has 0 aliphatic carbocycles. The number of hydrogen-bond acceptors (Lipinski definition) is 3. The highest BCUT2D eigenvalue weighted by atomic mass is 35.5. The number of nitrogens with zero attached hydrogens (tertiary/aromatic N) is 4. The molecule has 0 amide bonds. The molecular formula is C15H26ClN5. The fourth-order valence-electron chi connectivity index (χ4n) is 2.27. The maximum Gasteiger partial charge on any atom is 0.0638 e. The largest absolute Gasteiger partial charge is 0.307 e. The van der Waals surface area contributed by atoms with Crippen LogP contribution in [0.25, 0.3) is 0 Å². The van der Waals surface area contributed by atoms with Gasteiger partial charge in [-0.15, -0.1) is 12.4 Å². The molecule has 2 aromatic rings. The van der Waals surface area contributed by atoms with Gasteiger partial charge in [-0.2, -0.15) is 10.2 Å². The zero-order valence-corrected chi connectivity index (χ0v) is 14.2. The summed E-state index contributed by atoms with van der Waals surface area (Å²) in [4.78, 5) is 0. The van der Waals surface area contributed by atoms with Gasteiger partial charge in [0, 0.05) is 43.6 Å². The molecule has 0 saturated heterocycles. The third-order valence-corrected chi connectivity index (χ3v) is 3.75. The van der Waals surface area contributed by atoms with E-state index in [1.165, 1.54) is 11.3 Å². The molecule has 2 rings (SSSR count). The van der Waals surface area contributed by atoms with E-state index in [0.717, 1.165) is 31.7 Å². The van der Waals surface area contributed by atoms with Gasteiger partial charge in [0.25, 0.3) is 0 Å². The van der Waals surface area contributed by atoms with Crippen LogP contribution in [0.15, 0.2) is 18.5 Å². The Bertz CT molecular complexity index is 546. The summed E-state index contributed by atoms with van der Waals surface area (Å²) >= 11 is 0. The summed E-state index contributed by atoms with van der Waals surface area (Å²) in [6.07, 6.45) is 5.09. The van der Waals surface area contributed by atoms with Crippen LogP contribution in [0, 0.1) is 6.92 Å². The molecule has 5 nitrogen and oxygen atoms in total. The molecule has 0 aromatic carbocycles. The number of nitrogens with one attached hydrogen (secondary N) is 1. The highest BCUT2D eigenvalue weighted by Gasteiger charge is 2.08. The van der Waals surface area contributed by atoms with Crippen LogP contribution in [0.2, 0.25) is 0 Å². The van der Waals surface area contributed by atoms with E-state index in [9.17, 15) is 0 Å². The Morgan fingerprint density at radius 1 is 1.29 bits per heavy atom. The minimum absolute atomic E-state index is 0. The third-order valence-electron chi connectivity index (χ3n) is 3.75. The molecular weight excluding hydrogens is 286 g/mol. The maximum absolute atomic E-state index is 4.46. The van der Waals surface area contributed by atoms with Crippen molar-refractivity contribution in [1.29, 1.82) is 0 Å². The van der Waals surface area contributed by atoms with Gasteiger partial charge in [-0.05, 0) is 33.3 Å². The molecule has 2 heterocycles. The fraction of sp³-hybridized carbons (Fsp3) is 0.600. The van der Waals surface area contributed by atoms with Crippen molar-refractivity contribution in [3.8, 4) is 0 Å². The standard InChI is InChI=1S/C15H25N5.ClH/c1-5-12(3)20-15(7-8-17-20)10-16-9-14-11-19(6-2)18-13(14)4;/h7-8,11-12,16H,5-6,9-10H2,1-4H3;1H. The first kappa shape index (κ1) is 17.7. The van der Waals surface area contributed by atoms with Crippen molar-refractivity contribution < 1.29 is 0 Å². The van der Waals surface area contributed by atoms with Gasteiger partial charge < -0.3 is 5.32 Å². The number of rotatable bonds is 7. The van der Waals surface area contributed by atoms with Crippen molar-refractivity contribution in [1.82, 2.24) is 24.9 Å². The Kier molecular flexibility index (Phi) is 6.92. The molecule has 0 saturated carbocycles. The van der Waals surface area contributed by atoms with E-state index in [0.29, 0.717) is 6.04 Å². The average molecular weight is 312 g/mol. The summed E-state index contributed by atoms with van der Waals surface area (Å²) in [5.74, 6) is 0. The summed E-state index contributed by atoms with van der Waals surface area (Å²) in [7, 11) is 0. The van der Waals surface area contributed by atoms with Gasteiger partial charge in [0.15, 0.2) is 0 Å². The second-order valence-corrected chi connectivity index (χ2v) is 5.22. The topological polar surface area (TPSA) is 47.7 Å². The van der Waals surface area contributed by atoms with Crippen LogP contribution in [0.1, 0.15) is 50.2 Å². The van der Waals surface area contributed by atoms with E-state index in [4.69, 9.17) is 0 Å². The highest BCUT2D eigenvalue weighted by molar-refractivity contribution is 5.85. The smallest absolute Gasteiger partial charge is 0.0638 e. The molecule has 0 bridgehead atoms. The van der Waals surface area contributed by atoms with E-state index in [-0.39, 0.29) is 12.4 Å². The summed E-state index contributed by atoms with van der Waals surface area (Å²) in [5, 5.41) is 12.4. The molecule has 2 aromatic heterocycles. The van der Waals surface area contributed by atoms with E-state index < -0.39 is 0 Å². The summed E-state index contributed by atoms with van der Waals surface area (Å²) in [6, 6.07) is 2.54. The van der Waals surface area contributed by atoms with E-state index in [1.54, 1.807) is 0 Å². The van der Waals surface area contributed by atoms with Crippen LogP contribution >= 0.6 is 12.4 Å². The van der Waals surface area contributed by atoms with Gasteiger partial charge >= 0.3 is 0 Å². The van der Waals surface area contributed by atoms with Crippen LogP contribution in [-0.4, -0.2) is 19.6 Å². The van der Waals surface area contributed by atoms with Gasteiger partial charge in [0.2, 0.25) is 0 Å². The minimum Gasteiger partial charge on any atom is -0.307 e. The fourth-order valence-corrected chi connectivity index (χ4v) is 2.27. The first-order valence-electron chi connectivity index (χ1n) is 7.41. The molecule has 0 aliphatic heterocycles. The van der Waals surface area contributed by atoms with Crippen molar-refractivity contribution in [2.75, 3.05) is 0 Å². The predicted octanol–water partition coefficient (Wildman–Crippen LogP) is 3.09. The van der Waals surface area contributed by atoms with Crippen LogP contribution in [0.3, 0.4) is 0 Å². The molecule has 21 heavy (non-hydrogen) atoms. The quantitative estimate of drug-likeness (QED) is 0.855. The zero-order chi connectivity index (χ0) is 14.5. The molecule has 0 fully saturated rings. The first-order chi connectivity index (χ1) is 9.65. The van der Waals surface area contributed by atoms with Crippen LogP contribution < -0.4 is 5.32 Å². The maximum atomic E-state index is 4.46. The van der Waals surface area contributed by atoms with E-state index in [2.05, 4.69) is 60.2 Å². The lowest BCUT2D eigenvalue weighted by Crippen LogP contribution is -2.18. The minimum atomic E-state index is 0. The predicted molar refractivity (Wildman–Crippen MR) is 87.7 cm³/mol. The van der Waals surface area contributed by atoms with Crippen LogP contribution in [-0.2, 0) is 19.6 Å². The highest BCUT2D eigenvalue weighted by Crippen LogP contribution is 2.12. The lowest BCUT2D eigenvalue weighted by Gasteiger charge is -2.14. The van der Waals surface area contributed by atoms with Crippen LogP contribution in [0.5, 0.6) is 0 Å². The molecule has 0 spiro atoms. The normalized spacial score (nSPS) is 12.2. The Morgan fingerprint density at radius 3 is 2.67 bits per heavy atom. The molecule has 1 atom stereocenters. The SMILES string of the molecule is CCC(C)n1nccc1CNCc1cn(CC)nc1C.Cl. The monoisotopic (exact) mass is 311 g/mol. The van der Waals surface area contributed by atoms with E-state index >= 15 is 0 Å². The Morgan fingerprint density at radius 2 is 2.05 bits per heavy atom. The lowest BCUT2D eigenvalue weighted by molar-refractivity contribution is 0.451.